The fourth-order valence-corrected chi connectivity index (χ4v) is 2.66. The van der Waals surface area contributed by atoms with E-state index in [-0.39, 0.29) is 24.0 Å². The lowest BCUT2D eigenvalue weighted by Crippen LogP contribution is -2.59. The maximum Gasteiger partial charge on any atom is 0.326 e. The fourth-order valence-electron chi connectivity index (χ4n) is 2.41. The van der Waals surface area contributed by atoms with Crippen molar-refractivity contribution in [2.45, 2.75) is 64.7 Å². The lowest BCUT2D eigenvalue weighted by Gasteiger charge is -2.24. The van der Waals surface area contributed by atoms with E-state index in [1.54, 1.807) is 6.92 Å². The van der Waals surface area contributed by atoms with Gasteiger partial charge in [-0.3, -0.25) is 14.4 Å². The summed E-state index contributed by atoms with van der Waals surface area (Å²) in [6.07, 6.45) is 0.880. The standard InChI is InChI=1S/C18H34N4O6S/c1-5-10(4)14(19)17(26)21-12(7-23)15(24)22-13(8-29)16(25)20-11(18(27)28)6-9(2)3/h9-14,23,29H,5-8,19H2,1-4H3,(H,20,25)(H,21,26)(H,22,24)(H,27,28). The third-order valence-electron chi connectivity index (χ3n) is 4.51. The van der Waals surface area contributed by atoms with Crippen LogP contribution in [0.1, 0.15) is 40.5 Å². The molecule has 5 atom stereocenters. The topological polar surface area (TPSA) is 171 Å². The van der Waals surface area contributed by atoms with Gasteiger partial charge < -0.3 is 31.9 Å². The highest BCUT2D eigenvalue weighted by molar-refractivity contribution is 7.80. The third kappa shape index (κ3) is 9.46. The lowest BCUT2D eigenvalue weighted by atomic mass is 9.99. The molecule has 11 heteroatoms. The number of nitrogens with one attached hydrogen (secondary N) is 3. The highest BCUT2D eigenvalue weighted by Crippen LogP contribution is 2.07. The number of hydrogen-bond donors (Lipinski definition) is 7. The van der Waals surface area contributed by atoms with E-state index < -0.39 is 54.5 Å². The minimum atomic E-state index is -1.31. The number of rotatable bonds is 13. The lowest BCUT2D eigenvalue weighted by molar-refractivity contribution is -0.142. The number of hydrogen-bond acceptors (Lipinski definition) is 7. The molecule has 0 aromatic rings. The summed E-state index contributed by atoms with van der Waals surface area (Å²) >= 11 is 4.02. The van der Waals surface area contributed by atoms with Gasteiger partial charge >= 0.3 is 5.97 Å². The van der Waals surface area contributed by atoms with E-state index in [1.165, 1.54) is 0 Å². The van der Waals surface area contributed by atoms with Gasteiger partial charge in [-0.05, 0) is 18.3 Å². The predicted octanol–water partition coefficient (Wildman–Crippen LogP) is -1.13. The van der Waals surface area contributed by atoms with Crippen LogP contribution in [-0.2, 0) is 19.2 Å². The molecule has 168 valence electrons. The Morgan fingerprint density at radius 1 is 0.931 bits per heavy atom. The van der Waals surface area contributed by atoms with Gasteiger partial charge in [-0.15, -0.1) is 0 Å². The predicted molar refractivity (Wildman–Crippen MR) is 111 cm³/mol. The van der Waals surface area contributed by atoms with Crippen LogP contribution in [0.25, 0.3) is 0 Å². The molecule has 0 aliphatic carbocycles. The van der Waals surface area contributed by atoms with Crippen LogP contribution in [0.2, 0.25) is 0 Å². The number of amides is 3. The van der Waals surface area contributed by atoms with Crippen LogP contribution in [0, 0.1) is 11.8 Å². The quantitative estimate of drug-likeness (QED) is 0.180. The molecule has 3 amide bonds. The van der Waals surface area contributed by atoms with Gasteiger partial charge in [-0.2, -0.15) is 12.6 Å². The zero-order valence-corrected chi connectivity index (χ0v) is 18.2. The summed E-state index contributed by atoms with van der Waals surface area (Å²) in [6, 6.07) is -4.41. The summed E-state index contributed by atoms with van der Waals surface area (Å²) in [7, 11) is 0. The second-order valence-corrected chi connectivity index (χ2v) is 7.79. The first-order chi connectivity index (χ1) is 13.5. The Bertz CT molecular complexity index is 575. The van der Waals surface area contributed by atoms with Crippen molar-refractivity contribution in [3.63, 3.8) is 0 Å². The monoisotopic (exact) mass is 434 g/mol. The van der Waals surface area contributed by atoms with Gasteiger partial charge in [0, 0.05) is 5.75 Å². The molecule has 0 aliphatic heterocycles. The first kappa shape index (κ1) is 27.1. The fraction of sp³-hybridized carbons (Fsp3) is 0.778. The highest BCUT2D eigenvalue weighted by Gasteiger charge is 2.30. The molecule has 0 aromatic heterocycles. The molecule has 5 unspecified atom stereocenters. The van der Waals surface area contributed by atoms with Gasteiger partial charge in [0.15, 0.2) is 0 Å². The maximum atomic E-state index is 12.4. The number of carboxylic acid groups (broad SMARTS) is 1. The first-order valence-corrected chi connectivity index (χ1v) is 10.2. The zero-order chi connectivity index (χ0) is 22.7. The molecule has 0 saturated heterocycles. The van der Waals surface area contributed by atoms with Crippen molar-refractivity contribution in [1.29, 1.82) is 0 Å². The molecule has 0 aromatic carbocycles. The number of thiol groups is 1. The molecular formula is C18H34N4O6S. The normalized spacial score (nSPS) is 16.3. The van der Waals surface area contributed by atoms with Crippen LogP contribution in [0.4, 0.5) is 0 Å². The number of aliphatic carboxylic acids is 1. The first-order valence-electron chi connectivity index (χ1n) is 9.59. The highest BCUT2D eigenvalue weighted by atomic mass is 32.1. The molecule has 10 nitrogen and oxygen atoms in total. The number of aliphatic hydroxyl groups is 1. The minimum Gasteiger partial charge on any atom is -0.480 e. The second kappa shape index (κ2) is 13.4. The smallest absolute Gasteiger partial charge is 0.326 e. The van der Waals surface area contributed by atoms with Gasteiger partial charge in [0.25, 0.3) is 0 Å². The molecule has 0 heterocycles. The van der Waals surface area contributed by atoms with Crippen LogP contribution in [0.15, 0.2) is 0 Å². The SMILES string of the molecule is CCC(C)C(N)C(=O)NC(CO)C(=O)NC(CS)C(=O)NC(CC(C)C)C(=O)O. The molecular weight excluding hydrogens is 400 g/mol. The zero-order valence-electron chi connectivity index (χ0n) is 17.3. The summed E-state index contributed by atoms with van der Waals surface area (Å²) in [5.41, 5.74) is 5.82. The maximum absolute atomic E-state index is 12.4. The largest absolute Gasteiger partial charge is 0.480 e. The molecule has 0 rings (SSSR count). The number of aliphatic hydroxyl groups excluding tert-OH is 1. The van der Waals surface area contributed by atoms with Gasteiger partial charge in [0.2, 0.25) is 17.7 Å². The van der Waals surface area contributed by atoms with E-state index in [1.807, 2.05) is 20.8 Å². The molecule has 29 heavy (non-hydrogen) atoms. The van der Waals surface area contributed by atoms with Crippen LogP contribution in [-0.4, -0.2) is 70.4 Å². The van der Waals surface area contributed by atoms with Crippen molar-refractivity contribution in [2.75, 3.05) is 12.4 Å². The Balaban J connectivity index is 5.02. The molecule has 0 aliphatic rings. The van der Waals surface area contributed by atoms with Crippen LogP contribution < -0.4 is 21.7 Å². The number of nitrogens with two attached hydrogens (primary N) is 1. The van der Waals surface area contributed by atoms with E-state index in [9.17, 15) is 29.4 Å². The van der Waals surface area contributed by atoms with Crippen molar-refractivity contribution in [1.82, 2.24) is 16.0 Å². The Morgan fingerprint density at radius 2 is 1.41 bits per heavy atom. The van der Waals surface area contributed by atoms with Gasteiger partial charge in [-0.25, -0.2) is 4.79 Å². The number of carbonyl (C=O) groups is 4. The molecule has 0 saturated carbocycles. The van der Waals surface area contributed by atoms with Crippen LogP contribution >= 0.6 is 12.6 Å². The van der Waals surface area contributed by atoms with Crippen LogP contribution in [0.5, 0.6) is 0 Å². The van der Waals surface area contributed by atoms with E-state index >= 15 is 0 Å². The Morgan fingerprint density at radius 3 is 1.83 bits per heavy atom. The van der Waals surface area contributed by atoms with Crippen molar-refractivity contribution in [2.24, 2.45) is 17.6 Å². The van der Waals surface area contributed by atoms with Crippen molar-refractivity contribution < 1.29 is 29.4 Å². The van der Waals surface area contributed by atoms with E-state index in [4.69, 9.17) is 5.73 Å². The van der Waals surface area contributed by atoms with E-state index in [2.05, 4.69) is 28.6 Å². The van der Waals surface area contributed by atoms with E-state index in [0.717, 1.165) is 0 Å². The summed E-state index contributed by atoms with van der Waals surface area (Å²) in [5.74, 6) is -3.50. The Labute approximate surface area is 176 Å². The van der Waals surface area contributed by atoms with Gasteiger partial charge in [0.1, 0.15) is 18.1 Å². The number of carboxylic acids is 1. The second-order valence-electron chi connectivity index (χ2n) is 7.43. The third-order valence-corrected chi connectivity index (χ3v) is 4.88. The van der Waals surface area contributed by atoms with Crippen molar-refractivity contribution in [3.05, 3.63) is 0 Å². The Hall–Kier alpha value is -1.85. The summed E-state index contributed by atoms with van der Waals surface area (Å²) in [6.45, 7) is 6.59. The minimum absolute atomic E-state index is 0.0316. The van der Waals surface area contributed by atoms with Crippen molar-refractivity contribution in [3.8, 4) is 0 Å². The van der Waals surface area contributed by atoms with E-state index in [0.29, 0.717) is 6.42 Å². The molecule has 0 spiro atoms. The molecule has 7 N–H and O–H groups in total. The summed E-state index contributed by atoms with van der Waals surface area (Å²) in [4.78, 5) is 48.2. The molecule has 0 bridgehead atoms. The average molecular weight is 435 g/mol. The summed E-state index contributed by atoms with van der Waals surface area (Å²) < 4.78 is 0. The van der Waals surface area contributed by atoms with Gasteiger partial charge in [0.05, 0.1) is 12.6 Å². The van der Waals surface area contributed by atoms with Crippen LogP contribution in [0.3, 0.4) is 0 Å². The van der Waals surface area contributed by atoms with Crippen molar-refractivity contribution >= 4 is 36.3 Å². The van der Waals surface area contributed by atoms with Gasteiger partial charge in [-0.1, -0.05) is 34.1 Å². The molecule has 0 fully saturated rings. The summed E-state index contributed by atoms with van der Waals surface area (Å²) in [5, 5.41) is 25.8. The average Bonchev–Trinajstić information content (AvgIpc) is 2.67. The Kier molecular flexibility index (Phi) is 12.5. The molecule has 0 radical (unpaired) electrons. The number of carbonyl (C=O) groups excluding carboxylic acids is 3.